The van der Waals surface area contributed by atoms with Gasteiger partial charge in [0.25, 0.3) is 0 Å². The summed E-state index contributed by atoms with van der Waals surface area (Å²) in [5, 5.41) is 3.05. The highest BCUT2D eigenvalue weighted by molar-refractivity contribution is 9.10. The molecule has 0 amide bonds. The summed E-state index contributed by atoms with van der Waals surface area (Å²) in [6.07, 6.45) is -2.83. The predicted molar refractivity (Wildman–Crippen MR) is 73.5 cm³/mol. The highest BCUT2D eigenvalue weighted by atomic mass is 79.9. The fourth-order valence-corrected chi connectivity index (χ4v) is 1.93. The molecule has 1 heterocycles. The third kappa shape index (κ3) is 3.83. The molecule has 0 saturated heterocycles. The summed E-state index contributed by atoms with van der Waals surface area (Å²) in [6, 6.07) is 4.90. The van der Waals surface area contributed by atoms with Gasteiger partial charge >= 0.3 is 6.18 Å². The Hall–Kier alpha value is -1.34. The van der Waals surface area contributed by atoms with Crippen molar-refractivity contribution in [2.45, 2.75) is 12.7 Å². The average molecular weight is 367 g/mol. The second-order valence-corrected chi connectivity index (χ2v) is 5.08. The van der Waals surface area contributed by atoms with Crippen LogP contribution >= 0.6 is 27.5 Å². The van der Waals surface area contributed by atoms with Crippen LogP contribution in [0.4, 0.5) is 19.0 Å². The van der Waals surface area contributed by atoms with Crippen LogP contribution in [-0.4, -0.2) is 9.97 Å². The van der Waals surface area contributed by atoms with Gasteiger partial charge in [-0.25, -0.2) is 4.98 Å². The summed E-state index contributed by atoms with van der Waals surface area (Å²) in [6.45, 7) is 0.323. The van der Waals surface area contributed by atoms with E-state index < -0.39 is 11.7 Å². The van der Waals surface area contributed by atoms with Crippen LogP contribution in [0.3, 0.4) is 0 Å². The number of hydrogen-bond acceptors (Lipinski definition) is 3. The molecule has 0 radical (unpaired) electrons. The lowest BCUT2D eigenvalue weighted by atomic mass is 10.1. The molecule has 2 aromatic rings. The van der Waals surface area contributed by atoms with Crippen LogP contribution in [0, 0.1) is 0 Å². The molecule has 2 rings (SSSR count). The smallest absolute Gasteiger partial charge is 0.365 e. The Bertz CT molecular complexity index is 602. The van der Waals surface area contributed by atoms with E-state index in [1.807, 2.05) is 0 Å². The summed E-state index contributed by atoms with van der Waals surface area (Å²) in [5.74, 6) is 0.477. The quantitative estimate of drug-likeness (QED) is 0.812. The molecule has 0 aliphatic heterocycles. The topological polar surface area (TPSA) is 37.8 Å². The molecule has 0 spiro atoms. The fraction of sp³-hybridized carbons (Fsp3) is 0.167. The SMILES string of the molecule is FC(F)(F)c1ccc(CNc2nc(Cl)ncc2Br)cc1. The Morgan fingerprint density at radius 1 is 1.20 bits per heavy atom. The lowest BCUT2D eigenvalue weighted by Crippen LogP contribution is -2.06. The van der Waals surface area contributed by atoms with Gasteiger partial charge < -0.3 is 5.32 Å². The minimum absolute atomic E-state index is 0.0862. The van der Waals surface area contributed by atoms with E-state index in [2.05, 4.69) is 31.2 Å². The highest BCUT2D eigenvalue weighted by Crippen LogP contribution is 2.29. The van der Waals surface area contributed by atoms with Crippen LogP contribution in [0.25, 0.3) is 0 Å². The minimum atomic E-state index is -4.32. The van der Waals surface area contributed by atoms with Crippen molar-refractivity contribution in [3.8, 4) is 0 Å². The molecule has 1 aromatic heterocycles. The van der Waals surface area contributed by atoms with Gasteiger partial charge in [-0.1, -0.05) is 12.1 Å². The summed E-state index contributed by atoms with van der Waals surface area (Å²) in [4.78, 5) is 7.74. The molecule has 0 aliphatic carbocycles. The Balaban J connectivity index is 2.06. The molecule has 0 fully saturated rings. The maximum Gasteiger partial charge on any atom is 0.416 e. The van der Waals surface area contributed by atoms with Crippen LogP contribution in [0.1, 0.15) is 11.1 Å². The molecule has 0 aliphatic rings. The van der Waals surface area contributed by atoms with Gasteiger partial charge in [0, 0.05) is 12.7 Å². The van der Waals surface area contributed by atoms with E-state index in [9.17, 15) is 13.2 Å². The number of rotatable bonds is 3. The molecule has 0 atom stereocenters. The van der Waals surface area contributed by atoms with Gasteiger partial charge in [-0.15, -0.1) is 0 Å². The van der Waals surface area contributed by atoms with Gasteiger partial charge in [0.2, 0.25) is 5.28 Å². The van der Waals surface area contributed by atoms with Gasteiger partial charge in [-0.05, 0) is 45.2 Å². The Labute approximate surface area is 126 Å². The Morgan fingerprint density at radius 3 is 2.45 bits per heavy atom. The Morgan fingerprint density at radius 2 is 1.85 bits per heavy atom. The molecule has 8 heteroatoms. The molecule has 1 N–H and O–H groups in total. The Kier molecular flexibility index (Phi) is 4.49. The number of nitrogens with zero attached hydrogens (tertiary/aromatic N) is 2. The fourth-order valence-electron chi connectivity index (χ4n) is 1.47. The van der Waals surface area contributed by atoms with E-state index >= 15 is 0 Å². The molecule has 106 valence electrons. The summed E-state index contributed by atoms with van der Waals surface area (Å²) < 4.78 is 37.9. The number of alkyl halides is 3. The zero-order chi connectivity index (χ0) is 14.8. The van der Waals surface area contributed by atoms with Gasteiger partial charge in [-0.3, -0.25) is 0 Å². The predicted octanol–water partition coefficient (Wildman–Crippen LogP) is 4.52. The molecule has 0 unspecified atom stereocenters. The van der Waals surface area contributed by atoms with Crippen LogP contribution in [0.2, 0.25) is 5.28 Å². The van der Waals surface area contributed by atoms with Gasteiger partial charge in [0.15, 0.2) is 0 Å². The van der Waals surface area contributed by atoms with E-state index in [4.69, 9.17) is 11.6 Å². The number of hydrogen-bond donors (Lipinski definition) is 1. The van der Waals surface area contributed by atoms with Crippen molar-refractivity contribution >= 4 is 33.3 Å². The van der Waals surface area contributed by atoms with Gasteiger partial charge in [0.05, 0.1) is 10.0 Å². The molecule has 3 nitrogen and oxygen atoms in total. The number of anilines is 1. The molecule has 0 bridgehead atoms. The van der Waals surface area contributed by atoms with Crippen LogP contribution in [0.15, 0.2) is 34.9 Å². The standard InChI is InChI=1S/C12H8BrClF3N3/c13-9-6-19-11(14)20-10(9)18-5-7-1-3-8(4-2-7)12(15,16)17/h1-4,6H,5H2,(H,18,19,20). The first-order valence-corrected chi connectivity index (χ1v) is 6.61. The van der Waals surface area contributed by atoms with E-state index in [-0.39, 0.29) is 5.28 Å². The van der Waals surface area contributed by atoms with E-state index in [0.717, 1.165) is 12.1 Å². The lowest BCUT2D eigenvalue weighted by molar-refractivity contribution is -0.137. The largest absolute Gasteiger partial charge is 0.416 e. The molecule has 1 aromatic carbocycles. The maximum atomic E-state index is 12.4. The second-order valence-electron chi connectivity index (χ2n) is 3.88. The monoisotopic (exact) mass is 365 g/mol. The van der Waals surface area contributed by atoms with Crippen LogP contribution in [0.5, 0.6) is 0 Å². The summed E-state index contributed by atoms with van der Waals surface area (Å²) in [7, 11) is 0. The highest BCUT2D eigenvalue weighted by Gasteiger charge is 2.29. The van der Waals surface area contributed by atoms with Crippen molar-refractivity contribution in [1.82, 2.24) is 9.97 Å². The molecule has 0 saturated carbocycles. The van der Waals surface area contributed by atoms with E-state index in [1.165, 1.54) is 18.3 Å². The number of halogens is 5. The number of nitrogens with one attached hydrogen (secondary N) is 1. The number of aromatic nitrogens is 2. The average Bonchev–Trinajstić information content (AvgIpc) is 2.39. The normalized spacial score (nSPS) is 11.4. The van der Waals surface area contributed by atoms with Gasteiger partial charge in [-0.2, -0.15) is 18.2 Å². The van der Waals surface area contributed by atoms with Crippen molar-refractivity contribution in [3.63, 3.8) is 0 Å². The van der Waals surface area contributed by atoms with Crippen molar-refractivity contribution < 1.29 is 13.2 Å². The molecule has 20 heavy (non-hydrogen) atoms. The summed E-state index contributed by atoms with van der Waals surface area (Å²) >= 11 is 8.91. The van der Waals surface area contributed by atoms with E-state index in [1.54, 1.807) is 0 Å². The lowest BCUT2D eigenvalue weighted by Gasteiger charge is -2.09. The third-order valence-corrected chi connectivity index (χ3v) is 3.22. The first kappa shape index (κ1) is 15.1. The first-order chi connectivity index (χ1) is 9.36. The van der Waals surface area contributed by atoms with Crippen molar-refractivity contribution in [2.24, 2.45) is 0 Å². The van der Waals surface area contributed by atoms with Crippen LogP contribution < -0.4 is 5.32 Å². The van der Waals surface area contributed by atoms with Crippen molar-refractivity contribution in [2.75, 3.05) is 5.32 Å². The molecular formula is C12H8BrClF3N3. The second kappa shape index (κ2) is 5.97. The molecular weight excluding hydrogens is 359 g/mol. The van der Waals surface area contributed by atoms with Crippen molar-refractivity contribution in [1.29, 1.82) is 0 Å². The van der Waals surface area contributed by atoms with Crippen molar-refractivity contribution in [3.05, 3.63) is 51.3 Å². The van der Waals surface area contributed by atoms with Crippen LogP contribution in [-0.2, 0) is 12.7 Å². The maximum absolute atomic E-state index is 12.4. The van der Waals surface area contributed by atoms with Gasteiger partial charge in [0.1, 0.15) is 5.82 Å². The van der Waals surface area contributed by atoms with E-state index in [0.29, 0.717) is 22.4 Å². The number of benzene rings is 1. The first-order valence-electron chi connectivity index (χ1n) is 5.44. The minimum Gasteiger partial charge on any atom is -0.365 e. The zero-order valence-corrected chi connectivity index (χ0v) is 12.2. The summed E-state index contributed by atoms with van der Waals surface area (Å²) in [5.41, 5.74) is 0.0205. The zero-order valence-electron chi connectivity index (χ0n) is 9.88. The third-order valence-electron chi connectivity index (χ3n) is 2.46.